The fourth-order valence-corrected chi connectivity index (χ4v) is 4.11. The number of sulfonamides is 1. The molecule has 0 atom stereocenters. The van der Waals surface area contributed by atoms with E-state index in [0.717, 1.165) is 11.8 Å². The molecule has 0 aliphatic rings. The molecular formula is C23H22ClFN2O3S. The highest BCUT2D eigenvalue weighted by Gasteiger charge is 2.19. The molecule has 0 radical (unpaired) electrons. The molecule has 3 rings (SSSR count). The maximum Gasteiger partial charge on any atom is 0.251 e. The average Bonchev–Trinajstić information content (AvgIpc) is 2.74. The molecule has 0 unspecified atom stereocenters. The van der Waals surface area contributed by atoms with Gasteiger partial charge in [0.25, 0.3) is 5.91 Å². The van der Waals surface area contributed by atoms with Crippen molar-refractivity contribution in [2.45, 2.75) is 13.0 Å². The molecule has 31 heavy (non-hydrogen) atoms. The van der Waals surface area contributed by atoms with Crippen molar-refractivity contribution >= 4 is 33.2 Å². The number of hydrogen-bond donors (Lipinski definition) is 1. The second kappa shape index (κ2) is 9.94. The molecule has 0 bridgehead atoms. The van der Waals surface area contributed by atoms with E-state index in [0.29, 0.717) is 34.8 Å². The fraction of sp³-hybridized carbons (Fsp3) is 0.174. The van der Waals surface area contributed by atoms with Crippen molar-refractivity contribution < 1.29 is 17.6 Å². The van der Waals surface area contributed by atoms with Gasteiger partial charge in [0, 0.05) is 17.1 Å². The molecule has 0 aliphatic carbocycles. The highest BCUT2D eigenvalue weighted by atomic mass is 35.5. The maximum atomic E-state index is 12.9. The lowest BCUT2D eigenvalue weighted by atomic mass is 10.1. The van der Waals surface area contributed by atoms with Crippen molar-refractivity contribution in [1.82, 2.24) is 5.32 Å². The number of benzene rings is 3. The molecular weight excluding hydrogens is 439 g/mol. The van der Waals surface area contributed by atoms with E-state index in [9.17, 15) is 17.6 Å². The summed E-state index contributed by atoms with van der Waals surface area (Å²) < 4.78 is 38.9. The van der Waals surface area contributed by atoms with Crippen LogP contribution in [0, 0.1) is 5.82 Å². The summed E-state index contributed by atoms with van der Waals surface area (Å²) in [7, 11) is -3.57. The van der Waals surface area contributed by atoms with Crippen LogP contribution in [0.5, 0.6) is 0 Å². The normalized spacial score (nSPS) is 11.2. The first kappa shape index (κ1) is 22.8. The van der Waals surface area contributed by atoms with E-state index in [-0.39, 0.29) is 18.3 Å². The minimum absolute atomic E-state index is 0.0850. The number of nitrogens with zero attached hydrogens (tertiary/aromatic N) is 1. The van der Waals surface area contributed by atoms with Crippen molar-refractivity contribution in [2.24, 2.45) is 0 Å². The van der Waals surface area contributed by atoms with Gasteiger partial charge in [-0.3, -0.25) is 9.10 Å². The molecule has 0 aromatic heterocycles. The SMILES string of the molecule is CS(=O)(=O)N(Cc1ccccc1Cl)c1ccc(C(=O)NCCc2ccc(F)cc2)cc1. The molecule has 0 aliphatic heterocycles. The molecule has 3 aromatic carbocycles. The van der Waals surface area contributed by atoms with Gasteiger partial charge >= 0.3 is 0 Å². The number of nitrogens with one attached hydrogen (secondary N) is 1. The Balaban J connectivity index is 1.67. The first-order valence-electron chi connectivity index (χ1n) is 9.58. The fourth-order valence-electron chi connectivity index (χ4n) is 3.03. The summed E-state index contributed by atoms with van der Waals surface area (Å²) in [4.78, 5) is 12.4. The van der Waals surface area contributed by atoms with E-state index in [2.05, 4.69) is 5.32 Å². The summed E-state index contributed by atoms with van der Waals surface area (Å²) in [6, 6.07) is 19.5. The van der Waals surface area contributed by atoms with Gasteiger partial charge < -0.3 is 5.32 Å². The topological polar surface area (TPSA) is 66.5 Å². The van der Waals surface area contributed by atoms with E-state index in [1.807, 2.05) is 0 Å². The number of halogens is 2. The number of anilines is 1. The number of carbonyl (C=O) groups excluding carboxylic acids is 1. The van der Waals surface area contributed by atoms with E-state index in [1.54, 1.807) is 60.7 Å². The Labute approximate surface area is 186 Å². The van der Waals surface area contributed by atoms with Crippen molar-refractivity contribution in [2.75, 3.05) is 17.1 Å². The molecule has 5 nitrogen and oxygen atoms in total. The second-order valence-corrected chi connectivity index (χ2v) is 9.35. The van der Waals surface area contributed by atoms with Crippen LogP contribution in [0.1, 0.15) is 21.5 Å². The summed E-state index contributed by atoms with van der Waals surface area (Å²) in [5.74, 6) is -0.573. The van der Waals surface area contributed by atoms with Crippen LogP contribution in [-0.4, -0.2) is 27.1 Å². The van der Waals surface area contributed by atoms with Gasteiger partial charge in [0.05, 0.1) is 18.5 Å². The van der Waals surface area contributed by atoms with Gasteiger partial charge in [-0.15, -0.1) is 0 Å². The van der Waals surface area contributed by atoms with Crippen LogP contribution in [0.25, 0.3) is 0 Å². The lowest BCUT2D eigenvalue weighted by Gasteiger charge is -2.23. The second-order valence-electron chi connectivity index (χ2n) is 7.04. The van der Waals surface area contributed by atoms with Crippen LogP contribution >= 0.6 is 11.6 Å². The third-order valence-electron chi connectivity index (χ3n) is 4.70. The van der Waals surface area contributed by atoms with Gasteiger partial charge in [0.15, 0.2) is 0 Å². The van der Waals surface area contributed by atoms with E-state index < -0.39 is 10.0 Å². The molecule has 0 saturated carbocycles. The first-order chi connectivity index (χ1) is 14.7. The van der Waals surface area contributed by atoms with Crippen LogP contribution in [0.2, 0.25) is 5.02 Å². The lowest BCUT2D eigenvalue weighted by molar-refractivity contribution is 0.0954. The molecule has 0 saturated heterocycles. The molecule has 0 fully saturated rings. The number of hydrogen-bond acceptors (Lipinski definition) is 3. The predicted molar refractivity (Wildman–Crippen MR) is 121 cm³/mol. The monoisotopic (exact) mass is 460 g/mol. The van der Waals surface area contributed by atoms with Crippen molar-refractivity contribution in [3.63, 3.8) is 0 Å². The summed E-state index contributed by atoms with van der Waals surface area (Å²) in [6.45, 7) is 0.482. The molecule has 0 heterocycles. The highest BCUT2D eigenvalue weighted by molar-refractivity contribution is 7.92. The largest absolute Gasteiger partial charge is 0.352 e. The summed E-state index contributed by atoms with van der Waals surface area (Å²) >= 11 is 6.18. The lowest BCUT2D eigenvalue weighted by Crippen LogP contribution is -2.29. The predicted octanol–water partition coefficient (Wildman–Crippen LogP) is 4.42. The minimum Gasteiger partial charge on any atom is -0.352 e. The number of amides is 1. The van der Waals surface area contributed by atoms with Gasteiger partial charge in [-0.25, -0.2) is 12.8 Å². The van der Waals surface area contributed by atoms with Gasteiger partial charge in [-0.05, 0) is 60.0 Å². The summed E-state index contributed by atoms with van der Waals surface area (Å²) in [5.41, 5.74) is 2.44. The van der Waals surface area contributed by atoms with Crippen LogP contribution < -0.4 is 9.62 Å². The van der Waals surface area contributed by atoms with Crippen molar-refractivity contribution in [3.8, 4) is 0 Å². The third-order valence-corrected chi connectivity index (χ3v) is 6.21. The van der Waals surface area contributed by atoms with Crippen LogP contribution in [0.4, 0.5) is 10.1 Å². The van der Waals surface area contributed by atoms with Gasteiger partial charge in [-0.1, -0.05) is 41.9 Å². The van der Waals surface area contributed by atoms with E-state index >= 15 is 0 Å². The Hall–Kier alpha value is -2.90. The molecule has 1 amide bonds. The summed E-state index contributed by atoms with van der Waals surface area (Å²) in [6.07, 6.45) is 1.70. The van der Waals surface area contributed by atoms with Crippen molar-refractivity contribution in [3.05, 3.63) is 100 Å². The zero-order valence-electron chi connectivity index (χ0n) is 16.9. The highest BCUT2D eigenvalue weighted by Crippen LogP contribution is 2.24. The Morgan fingerprint density at radius 1 is 1.00 bits per heavy atom. The van der Waals surface area contributed by atoms with Gasteiger partial charge in [0.2, 0.25) is 10.0 Å². The molecule has 3 aromatic rings. The smallest absolute Gasteiger partial charge is 0.251 e. The summed E-state index contributed by atoms with van der Waals surface area (Å²) in [5, 5.41) is 3.29. The van der Waals surface area contributed by atoms with Crippen LogP contribution in [0.15, 0.2) is 72.8 Å². The van der Waals surface area contributed by atoms with Gasteiger partial charge in [0.1, 0.15) is 5.82 Å². The molecule has 8 heteroatoms. The Morgan fingerprint density at radius 2 is 1.65 bits per heavy atom. The molecule has 0 spiro atoms. The number of carbonyl (C=O) groups is 1. The van der Waals surface area contributed by atoms with Crippen molar-refractivity contribution in [1.29, 1.82) is 0 Å². The van der Waals surface area contributed by atoms with E-state index in [4.69, 9.17) is 11.6 Å². The number of rotatable bonds is 8. The standard InChI is InChI=1S/C23H22ClFN2O3S/c1-31(29,30)27(16-19-4-2-3-5-22(19)24)21-12-8-18(9-13-21)23(28)26-15-14-17-6-10-20(25)11-7-17/h2-13H,14-16H2,1H3,(H,26,28). The van der Waals surface area contributed by atoms with Gasteiger partial charge in [-0.2, -0.15) is 0 Å². The molecule has 162 valence electrons. The third kappa shape index (κ3) is 6.29. The van der Waals surface area contributed by atoms with Crippen LogP contribution in [-0.2, 0) is 23.0 Å². The Bertz CT molecular complexity index is 1150. The maximum absolute atomic E-state index is 12.9. The first-order valence-corrected chi connectivity index (χ1v) is 11.8. The zero-order valence-corrected chi connectivity index (χ0v) is 18.5. The molecule has 1 N–H and O–H groups in total. The Morgan fingerprint density at radius 3 is 2.26 bits per heavy atom. The minimum atomic E-state index is -3.57. The van der Waals surface area contributed by atoms with E-state index in [1.165, 1.54) is 16.4 Å². The quantitative estimate of drug-likeness (QED) is 0.541. The Kier molecular flexibility index (Phi) is 7.30. The average molecular weight is 461 g/mol. The van der Waals surface area contributed by atoms with Crippen LogP contribution in [0.3, 0.4) is 0 Å². The zero-order chi connectivity index (χ0) is 22.4.